The molecule has 0 amide bonds. The van der Waals surface area contributed by atoms with Crippen molar-refractivity contribution in [1.82, 2.24) is 9.88 Å². The van der Waals surface area contributed by atoms with E-state index in [1.807, 2.05) is 24.3 Å². The van der Waals surface area contributed by atoms with E-state index in [-0.39, 0.29) is 6.04 Å². The predicted molar refractivity (Wildman–Crippen MR) is 128 cm³/mol. The van der Waals surface area contributed by atoms with Crippen molar-refractivity contribution in [1.29, 1.82) is 5.26 Å². The number of morpholine rings is 1. The smallest absolute Gasteiger partial charge is 0.232 e. The van der Waals surface area contributed by atoms with Crippen LogP contribution in [0.2, 0.25) is 0 Å². The SMILES string of the molecule is N#Cc1nc(Cc2cccc3ccccc23)oc1NCC(c1ccccc1)N1CCOCC1. The highest BCUT2D eigenvalue weighted by Crippen LogP contribution is 2.26. The number of oxazole rings is 1. The molecule has 4 aromatic rings. The Morgan fingerprint density at radius 2 is 1.73 bits per heavy atom. The van der Waals surface area contributed by atoms with Crippen LogP contribution in [-0.2, 0) is 11.2 Å². The van der Waals surface area contributed by atoms with Gasteiger partial charge in [-0.2, -0.15) is 5.26 Å². The van der Waals surface area contributed by atoms with Gasteiger partial charge in [-0.05, 0) is 21.9 Å². The highest BCUT2D eigenvalue weighted by Gasteiger charge is 2.24. The van der Waals surface area contributed by atoms with Crippen molar-refractivity contribution in [3.05, 3.63) is 95.5 Å². The molecule has 1 saturated heterocycles. The number of nitrogens with zero attached hydrogens (tertiary/aromatic N) is 3. The van der Waals surface area contributed by atoms with E-state index in [1.54, 1.807) is 0 Å². The number of hydrogen-bond donors (Lipinski definition) is 1. The Bertz CT molecular complexity index is 1250. The van der Waals surface area contributed by atoms with E-state index in [9.17, 15) is 5.26 Å². The first-order chi connectivity index (χ1) is 16.3. The summed E-state index contributed by atoms with van der Waals surface area (Å²) in [6.07, 6.45) is 0.531. The van der Waals surface area contributed by atoms with Crippen LogP contribution in [0.3, 0.4) is 0 Å². The lowest BCUT2D eigenvalue weighted by molar-refractivity contribution is 0.0186. The molecule has 0 spiro atoms. The maximum absolute atomic E-state index is 9.66. The molecule has 0 saturated carbocycles. The van der Waals surface area contributed by atoms with Gasteiger partial charge < -0.3 is 14.5 Å². The van der Waals surface area contributed by atoms with Gasteiger partial charge in [0.1, 0.15) is 6.07 Å². The van der Waals surface area contributed by atoms with Crippen LogP contribution in [0.5, 0.6) is 0 Å². The second-order valence-corrected chi connectivity index (χ2v) is 8.17. The Labute approximate surface area is 193 Å². The fourth-order valence-corrected chi connectivity index (χ4v) is 4.46. The molecule has 1 N–H and O–H groups in total. The zero-order valence-electron chi connectivity index (χ0n) is 18.4. The van der Waals surface area contributed by atoms with Crippen molar-refractivity contribution >= 4 is 16.7 Å². The van der Waals surface area contributed by atoms with Gasteiger partial charge in [-0.1, -0.05) is 72.8 Å². The Hall–Kier alpha value is -3.66. The van der Waals surface area contributed by atoms with Crippen molar-refractivity contribution in [2.24, 2.45) is 0 Å². The molecule has 0 radical (unpaired) electrons. The molecule has 2 heterocycles. The van der Waals surface area contributed by atoms with Gasteiger partial charge in [0.05, 0.1) is 25.7 Å². The van der Waals surface area contributed by atoms with E-state index < -0.39 is 0 Å². The topological polar surface area (TPSA) is 74.3 Å². The highest BCUT2D eigenvalue weighted by molar-refractivity contribution is 5.85. The van der Waals surface area contributed by atoms with Crippen LogP contribution >= 0.6 is 0 Å². The Kier molecular flexibility index (Phi) is 6.34. The van der Waals surface area contributed by atoms with Crippen molar-refractivity contribution in [2.45, 2.75) is 12.5 Å². The van der Waals surface area contributed by atoms with E-state index in [0.717, 1.165) is 31.9 Å². The van der Waals surface area contributed by atoms with Gasteiger partial charge in [0.25, 0.3) is 0 Å². The number of nitriles is 1. The first kappa shape index (κ1) is 21.2. The zero-order chi connectivity index (χ0) is 22.5. The normalized spacial score (nSPS) is 15.2. The molecule has 3 aromatic carbocycles. The maximum atomic E-state index is 9.66. The third-order valence-corrected chi connectivity index (χ3v) is 6.13. The van der Waals surface area contributed by atoms with Crippen LogP contribution in [-0.4, -0.2) is 42.7 Å². The summed E-state index contributed by atoms with van der Waals surface area (Å²) in [6, 6.07) is 27.2. The fourth-order valence-electron chi connectivity index (χ4n) is 4.46. The van der Waals surface area contributed by atoms with Gasteiger partial charge in [0.2, 0.25) is 17.5 Å². The van der Waals surface area contributed by atoms with Gasteiger partial charge in [-0.25, -0.2) is 4.98 Å². The van der Waals surface area contributed by atoms with Crippen LogP contribution in [0.1, 0.15) is 28.8 Å². The minimum absolute atomic E-state index is 0.147. The lowest BCUT2D eigenvalue weighted by Gasteiger charge is -2.34. The molecule has 1 aromatic heterocycles. The van der Waals surface area contributed by atoms with Crippen LogP contribution in [0.25, 0.3) is 10.8 Å². The molecule has 1 aliphatic rings. The van der Waals surface area contributed by atoms with Gasteiger partial charge in [-0.15, -0.1) is 0 Å². The first-order valence-electron chi connectivity index (χ1n) is 11.3. The van der Waals surface area contributed by atoms with Crippen LogP contribution in [0.15, 0.2) is 77.2 Å². The highest BCUT2D eigenvalue weighted by atomic mass is 16.5. The average molecular weight is 439 g/mol. The van der Waals surface area contributed by atoms with Gasteiger partial charge >= 0.3 is 0 Å². The minimum Gasteiger partial charge on any atom is -0.423 e. The average Bonchev–Trinajstić information content (AvgIpc) is 3.27. The molecule has 0 aliphatic carbocycles. The Morgan fingerprint density at radius 3 is 2.55 bits per heavy atom. The van der Waals surface area contributed by atoms with Crippen molar-refractivity contribution < 1.29 is 9.15 Å². The Balaban J connectivity index is 1.36. The number of benzene rings is 3. The number of anilines is 1. The van der Waals surface area contributed by atoms with Crippen LogP contribution in [0.4, 0.5) is 5.88 Å². The van der Waals surface area contributed by atoms with Crippen LogP contribution in [0, 0.1) is 11.3 Å². The summed E-state index contributed by atoms with van der Waals surface area (Å²) in [7, 11) is 0. The standard InChI is InChI=1S/C27H26N4O2/c28-18-24-27(29-19-25(21-8-2-1-3-9-21)31-13-15-32-16-14-31)33-26(30-24)17-22-11-6-10-20-7-4-5-12-23(20)22/h1-12,25,29H,13-17,19H2. The zero-order valence-corrected chi connectivity index (χ0v) is 18.4. The second-order valence-electron chi connectivity index (χ2n) is 8.17. The number of nitrogens with one attached hydrogen (secondary N) is 1. The van der Waals surface area contributed by atoms with E-state index in [0.29, 0.717) is 30.4 Å². The van der Waals surface area contributed by atoms with Crippen molar-refractivity contribution in [2.75, 3.05) is 38.2 Å². The molecule has 1 fully saturated rings. The van der Waals surface area contributed by atoms with E-state index in [4.69, 9.17) is 9.15 Å². The second kappa shape index (κ2) is 9.86. The molecule has 1 atom stereocenters. The lowest BCUT2D eigenvalue weighted by Crippen LogP contribution is -2.41. The Morgan fingerprint density at radius 1 is 0.970 bits per heavy atom. The van der Waals surface area contributed by atoms with Gasteiger partial charge in [0, 0.05) is 19.6 Å². The largest absolute Gasteiger partial charge is 0.423 e. The summed E-state index contributed by atoms with van der Waals surface area (Å²) in [4.78, 5) is 6.88. The van der Waals surface area contributed by atoms with Gasteiger partial charge in [0.15, 0.2) is 0 Å². The minimum atomic E-state index is 0.147. The summed E-state index contributed by atoms with van der Waals surface area (Å²) >= 11 is 0. The molecular formula is C27H26N4O2. The number of rotatable bonds is 7. The monoisotopic (exact) mass is 438 g/mol. The summed E-state index contributed by atoms with van der Waals surface area (Å²) in [6.45, 7) is 3.81. The summed E-state index contributed by atoms with van der Waals surface area (Å²) in [5.74, 6) is 0.968. The molecule has 1 unspecified atom stereocenters. The molecule has 5 rings (SSSR count). The molecular weight excluding hydrogens is 412 g/mol. The molecule has 166 valence electrons. The summed E-state index contributed by atoms with van der Waals surface area (Å²) in [5.41, 5.74) is 2.64. The number of aromatic nitrogens is 1. The number of hydrogen-bond acceptors (Lipinski definition) is 6. The molecule has 0 bridgehead atoms. The van der Waals surface area contributed by atoms with Gasteiger partial charge in [-0.3, -0.25) is 4.90 Å². The molecule has 33 heavy (non-hydrogen) atoms. The first-order valence-corrected chi connectivity index (χ1v) is 11.3. The molecule has 6 heteroatoms. The predicted octanol–water partition coefficient (Wildman–Crippen LogP) is 4.78. The van der Waals surface area contributed by atoms with Crippen molar-refractivity contribution in [3.8, 4) is 6.07 Å². The lowest BCUT2D eigenvalue weighted by atomic mass is 10.0. The number of ether oxygens (including phenoxy) is 1. The summed E-state index contributed by atoms with van der Waals surface area (Å²) < 4.78 is 11.6. The number of fused-ring (bicyclic) bond motifs is 1. The van der Waals surface area contributed by atoms with Crippen molar-refractivity contribution in [3.63, 3.8) is 0 Å². The third kappa shape index (κ3) is 4.75. The van der Waals surface area contributed by atoms with E-state index >= 15 is 0 Å². The van der Waals surface area contributed by atoms with E-state index in [2.05, 4.69) is 69.8 Å². The third-order valence-electron chi connectivity index (χ3n) is 6.13. The molecule has 6 nitrogen and oxygen atoms in total. The van der Waals surface area contributed by atoms with Crippen LogP contribution < -0.4 is 5.32 Å². The summed E-state index contributed by atoms with van der Waals surface area (Å²) in [5, 5.41) is 15.4. The maximum Gasteiger partial charge on any atom is 0.232 e. The quantitative estimate of drug-likeness (QED) is 0.448. The fraction of sp³-hybridized carbons (Fsp3) is 0.259. The van der Waals surface area contributed by atoms with E-state index in [1.165, 1.54) is 16.3 Å². The molecule has 1 aliphatic heterocycles.